The summed E-state index contributed by atoms with van der Waals surface area (Å²) in [6, 6.07) is 5.83. The van der Waals surface area contributed by atoms with E-state index in [0.29, 0.717) is 13.0 Å². The number of carbonyl (C=O) groups is 1. The normalized spacial score (nSPS) is 14.1. The Hall–Kier alpha value is -1.39. The lowest BCUT2D eigenvalue weighted by Gasteiger charge is -2.21. The number of aliphatic hydroxyl groups excluding tert-OH is 1. The molecule has 1 aromatic rings. The number of rotatable bonds is 7. The van der Waals surface area contributed by atoms with E-state index < -0.39 is 12.1 Å². The Balaban J connectivity index is 2.49. The lowest BCUT2D eigenvalue weighted by atomic mass is 9.99. The third kappa shape index (κ3) is 5.01. The minimum Gasteiger partial charge on any atom is -0.481 e. The lowest BCUT2D eigenvalue weighted by Crippen LogP contribution is -2.33. The zero-order valence-corrected chi connectivity index (χ0v) is 11.8. The van der Waals surface area contributed by atoms with Gasteiger partial charge in [0.2, 0.25) is 0 Å². The van der Waals surface area contributed by atoms with E-state index in [0.717, 1.165) is 11.1 Å². The number of benzene rings is 1. The Labute approximate surface area is 114 Å². The van der Waals surface area contributed by atoms with E-state index in [4.69, 9.17) is 5.11 Å². The van der Waals surface area contributed by atoms with Gasteiger partial charge in [-0.05, 0) is 50.4 Å². The molecule has 3 N–H and O–H groups in total. The van der Waals surface area contributed by atoms with Crippen LogP contribution in [0.2, 0.25) is 0 Å². The molecule has 106 valence electrons. The quantitative estimate of drug-likeness (QED) is 0.661. The van der Waals surface area contributed by atoms with Gasteiger partial charge in [-0.1, -0.05) is 18.2 Å². The van der Waals surface area contributed by atoms with Crippen LogP contribution in [0.4, 0.5) is 0 Å². The smallest absolute Gasteiger partial charge is 0.303 e. The highest BCUT2D eigenvalue weighted by Gasteiger charge is 2.16. The number of aryl methyl sites for hydroxylation is 2. The second-order valence-corrected chi connectivity index (χ2v) is 5.03. The van der Waals surface area contributed by atoms with Crippen LogP contribution in [0.5, 0.6) is 0 Å². The van der Waals surface area contributed by atoms with Gasteiger partial charge in [-0.25, -0.2) is 0 Å². The molecule has 0 fully saturated rings. The summed E-state index contributed by atoms with van der Waals surface area (Å²) in [5, 5.41) is 21.9. The van der Waals surface area contributed by atoms with Crippen molar-refractivity contribution in [2.75, 3.05) is 6.54 Å². The molecular formula is C15H23NO3. The molecule has 0 aromatic heterocycles. The average Bonchev–Trinajstić information content (AvgIpc) is 2.36. The molecule has 0 radical (unpaired) electrons. The number of hydrogen-bond donors (Lipinski definition) is 3. The summed E-state index contributed by atoms with van der Waals surface area (Å²) in [4.78, 5) is 10.4. The van der Waals surface area contributed by atoms with Crippen LogP contribution in [0.1, 0.15) is 42.6 Å². The Morgan fingerprint density at radius 1 is 1.32 bits per heavy atom. The Kier molecular flexibility index (Phi) is 5.99. The second kappa shape index (κ2) is 7.26. The van der Waals surface area contributed by atoms with Crippen molar-refractivity contribution in [3.05, 3.63) is 34.9 Å². The van der Waals surface area contributed by atoms with Crippen LogP contribution in [-0.4, -0.2) is 28.8 Å². The van der Waals surface area contributed by atoms with Crippen LogP contribution in [0.25, 0.3) is 0 Å². The molecule has 0 aliphatic rings. The van der Waals surface area contributed by atoms with Crippen LogP contribution in [0.15, 0.2) is 18.2 Å². The largest absolute Gasteiger partial charge is 0.481 e. The first kappa shape index (κ1) is 15.7. The van der Waals surface area contributed by atoms with Crippen molar-refractivity contribution in [3.8, 4) is 0 Å². The fourth-order valence-electron chi connectivity index (χ4n) is 1.92. The SMILES string of the molecule is Cc1ccc(C(O)C(C)NCCCC(=O)O)cc1C. The zero-order chi connectivity index (χ0) is 14.4. The van der Waals surface area contributed by atoms with Gasteiger partial charge in [-0.2, -0.15) is 0 Å². The van der Waals surface area contributed by atoms with Crippen LogP contribution < -0.4 is 5.32 Å². The molecule has 4 nitrogen and oxygen atoms in total. The number of aliphatic hydroxyl groups is 1. The molecule has 4 heteroatoms. The van der Waals surface area contributed by atoms with Gasteiger partial charge < -0.3 is 15.5 Å². The van der Waals surface area contributed by atoms with E-state index in [1.54, 1.807) is 0 Å². The highest BCUT2D eigenvalue weighted by Crippen LogP contribution is 2.19. The molecule has 0 bridgehead atoms. The number of aliphatic carboxylic acids is 1. The van der Waals surface area contributed by atoms with E-state index in [-0.39, 0.29) is 12.5 Å². The molecule has 1 aromatic carbocycles. The molecule has 0 amide bonds. The third-order valence-corrected chi connectivity index (χ3v) is 3.38. The van der Waals surface area contributed by atoms with Crippen LogP contribution in [0.3, 0.4) is 0 Å². The van der Waals surface area contributed by atoms with Gasteiger partial charge >= 0.3 is 5.97 Å². The number of nitrogens with one attached hydrogen (secondary N) is 1. The first-order chi connectivity index (χ1) is 8.91. The molecule has 0 aliphatic carbocycles. The van der Waals surface area contributed by atoms with Gasteiger partial charge in [-0.3, -0.25) is 4.79 Å². The number of carboxylic acid groups (broad SMARTS) is 1. The van der Waals surface area contributed by atoms with Gasteiger partial charge in [0.25, 0.3) is 0 Å². The van der Waals surface area contributed by atoms with Crippen LogP contribution >= 0.6 is 0 Å². The standard InChI is InChI=1S/C15H23NO3/c1-10-6-7-13(9-11(10)2)15(19)12(3)16-8-4-5-14(17)18/h6-7,9,12,15-16,19H,4-5,8H2,1-3H3,(H,17,18). The third-order valence-electron chi connectivity index (χ3n) is 3.38. The minimum atomic E-state index is -0.788. The first-order valence-corrected chi connectivity index (χ1v) is 6.62. The highest BCUT2D eigenvalue weighted by atomic mass is 16.4. The number of carboxylic acids is 1. The number of hydrogen-bond acceptors (Lipinski definition) is 3. The summed E-state index contributed by atoms with van der Waals surface area (Å²) >= 11 is 0. The highest BCUT2D eigenvalue weighted by molar-refractivity contribution is 5.66. The van der Waals surface area contributed by atoms with Crippen molar-refractivity contribution >= 4 is 5.97 Å². The van der Waals surface area contributed by atoms with Crippen molar-refractivity contribution < 1.29 is 15.0 Å². The monoisotopic (exact) mass is 265 g/mol. The van der Waals surface area contributed by atoms with Crippen LogP contribution in [0, 0.1) is 13.8 Å². The van der Waals surface area contributed by atoms with Crippen molar-refractivity contribution in [2.24, 2.45) is 0 Å². The van der Waals surface area contributed by atoms with Gasteiger partial charge in [0, 0.05) is 12.5 Å². The average molecular weight is 265 g/mol. The molecular weight excluding hydrogens is 242 g/mol. The predicted octanol–water partition coefficient (Wildman–Crippen LogP) is 2.18. The lowest BCUT2D eigenvalue weighted by molar-refractivity contribution is -0.137. The summed E-state index contributed by atoms with van der Waals surface area (Å²) in [5.74, 6) is -0.788. The predicted molar refractivity (Wildman–Crippen MR) is 75.2 cm³/mol. The summed E-state index contributed by atoms with van der Waals surface area (Å²) in [6.07, 6.45) is 0.141. The molecule has 0 heterocycles. The minimum absolute atomic E-state index is 0.101. The van der Waals surface area contributed by atoms with Gasteiger partial charge in [0.15, 0.2) is 0 Å². The molecule has 19 heavy (non-hydrogen) atoms. The first-order valence-electron chi connectivity index (χ1n) is 6.62. The van der Waals surface area contributed by atoms with Crippen molar-refractivity contribution in [2.45, 2.75) is 45.8 Å². The van der Waals surface area contributed by atoms with E-state index in [1.807, 2.05) is 39.0 Å². The topological polar surface area (TPSA) is 69.6 Å². The maximum atomic E-state index is 10.4. The van der Waals surface area contributed by atoms with E-state index in [2.05, 4.69) is 5.32 Å². The summed E-state index contributed by atoms with van der Waals surface area (Å²) in [7, 11) is 0. The molecule has 1 rings (SSSR count). The molecule has 0 saturated heterocycles. The van der Waals surface area contributed by atoms with Crippen molar-refractivity contribution in [3.63, 3.8) is 0 Å². The summed E-state index contributed by atoms with van der Waals surface area (Å²) in [6.45, 7) is 6.56. The second-order valence-electron chi connectivity index (χ2n) is 5.03. The molecule has 0 saturated carbocycles. The Morgan fingerprint density at radius 2 is 2.00 bits per heavy atom. The van der Waals surface area contributed by atoms with E-state index >= 15 is 0 Å². The fourth-order valence-corrected chi connectivity index (χ4v) is 1.92. The van der Waals surface area contributed by atoms with E-state index in [1.165, 1.54) is 5.56 Å². The van der Waals surface area contributed by atoms with Gasteiger partial charge in [-0.15, -0.1) is 0 Å². The van der Waals surface area contributed by atoms with Crippen molar-refractivity contribution in [1.82, 2.24) is 5.32 Å². The van der Waals surface area contributed by atoms with Crippen molar-refractivity contribution in [1.29, 1.82) is 0 Å². The van der Waals surface area contributed by atoms with Crippen LogP contribution in [-0.2, 0) is 4.79 Å². The Morgan fingerprint density at radius 3 is 2.58 bits per heavy atom. The maximum Gasteiger partial charge on any atom is 0.303 e. The molecule has 2 unspecified atom stereocenters. The maximum absolute atomic E-state index is 10.4. The Bertz CT molecular complexity index is 431. The zero-order valence-electron chi connectivity index (χ0n) is 11.8. The molecule has 0 spiro atoms. The molecule has 2 atom stereocenters. The summed E-state index contributed by atoms with van der Waals surface area (Å²) in [5.41, 5.74) is 3.26. The van der Waals surface area contributed by atoms with Gasteiger partial charge in [0.1, 0.15) is 0 Å². The molecule has 0 aliphatic heterocycles. The summed E-state index contributed by atoms with van der Waals surface area (Å²) < 4.78 is 0. The van der Waals surface area contributed by atoms with E-state index in [9.17, 15) is 9.90 Å². The fraction of sp³-hybridized carbons (Fsp3) is 0.533. The van der Waals surface area contributed by atoms with Gasteiger partial charge in [0.05, 0.1) is 6.10 Å².